The monoisotopic (exact) mass is 487 g/mol. The summed E-state index contributed by atoms with van der Waals surface area (Å²) in [6, 6.07) is 15.5. The minimum atomic E-state index is -3.35. The number of rotatable bonds is 8. The van der Waals surface area contributed by atoms with Crippen molar-refractivity contribution in [3.05, 3.63) is 83.4 Å². The molecule has 0 spiro atoms. The molecular formula is C22H18FN3O5S2. The van der Waals surface area contributed by atoms with Gasteiger partial charge in [0, 0.05) is 16.6 Å². The first-order valence-corrected chi connectivity index (χ1v) is 12.3. The SMILES string of the molecule is CS(=O)(=O)Nc1ccc(-c2csc(NC(=O)c3ccc(COc4ccc(F)cc4)o3)n2)cc1. The van der Waals surface area contributed by atoms with Gasteiger partial charge in [0.05, 0.1) is 11.9 Å². The molecule has 0 radical (unpaired) electrons. The van der Waals surface area contributed by atoms with Gasteiger partial charge in [-0.25, -0.2) is 17.8 Å². The number of benzene rings is 2. The molecule has 33 heavy (non-hydrogen) atoms. The molecule has 2 heterocycles. The Morgan fingerprint density at radius 1 is 1.09 bits per heavy atom. The summed E-state index contributed by atoms with van der Waals surface area (Å²) in [4.78, 5) is 16.9. The maximum atomic E-state index is 12.9. The molecule has 2 aromatic carbocycles. The largest absolute Gasteiger partial charge is 0.486 e. The number of hydrogen-bond acceptors (Lipinski definition) is 7. The highest BCUT2D eigenvalue weighted by Gasteiger charge is 2.14. The van der Waals surface area contributed by atoms with Gasteiger partial charge in [0.25, 0.3) is 5.91 Å². The van der Waals surface area contributed by atoms with Crippen molar-refractivity contribution in [3.8, 4) is 17.0 Å². The molecule has 4 aromatic rings. The molecular weight excluding hydrogens is 469 g/mol. The van der Waals surface area contributed by atoms with E-state index in [1.165, 1.54) is 41.7 Å². The van der Waals surface area contributed by atoms with Crippen LogP contribution >= 0.6 is 11.3 Å². The fourth-order valence-electron chi connectivity index (χ4n) is 2.81. The number of carbonyl (C=O) groups is 1. The fourth-order valence-corrected chi connectivity index (χ4v) is 4.09. The highest BCUT2D eigenvalue weighted by atomic mass is 32.2. The Balaban J connectivity index is 1.35. The Bertz CT molecular complexity index is 1360. The number of furan rings is 1. The van der Waals surface area contributed by atoms with Gasteiger partial charge in [-0.15, -0.1) is 11.3 Å². The lowest BCUT2D eigenvalue weighted by Crippen LogP contribution is -2.10. The zero-order valence-corrected chi connectivity index (χ0v) is 18.9. The quantitative estimate of drug-likeness (QED) is 0.371. The van der Waals surface area contributed by atoms with Crippen molar-refractivity contribution in [2.75, 3.05) is 16.3 Å². The van der Waals surface area contributed by atoms with E-state index in [2.05, 4.69) is 15.0 Å². The Labute approximate surface area is 193 Å². The lowest BCUT2D eigenvalue weighted by atomic mass is 10.1. The van der Waals surface area contributed by atoms with Gasteiger partial charge >= 0.3 is 0 Å². The third-order valence-corrected chi connectivity index (χ3v) is 5.65. The molecule has 0 saturated carbocycles. The fraction of sp³-hybridized carbons (Fsp3) is 0.0909. The van der Waals surface area contributed by atoms with Crippen molar-refractivity contribution in [3.63, 3.8) is 0 Å². The zero-order chi connectivity index (χ0) is 23.4. The van der Waals surface area contributed by atoms with E-state index in [-0.39, 0.29) is 18.2 Å². The Hall–Kier alpha value is -3.70. The van der Waals surface area contributed by atoms with Crippen LogP contribution in [0.25, 0.3) is 11.3 Å². The van der Waals surface area contributed by atoms with Crippen LogP contribution in [0.4, 0.5) is 15.2 Å². The van der Waals surface area contributed by atoms with Crippen molar-refractivity contribution >= 4 is 38.1 Å². The van der Waals surface area contributed by atoms with E-state index < -0.39 is 15.9 Å². The van der Waals surface area contributed by atoms with Crippen LogP contribution in [0.5, 0.6) is 5.75 Å². The molecule has 1 amide bonds. The Morgan fingerprint density at radius 3 is 2.52 bits per heavy atom. The summed E-state index contributed by atoms with van der Waals surface area (Å²) in [7, 11) is -3.35. The number of ether oxygens (including phenoxy) is 1. The van der Waals surface area contributed by atoms with E-state index in [0.29, 0.717) is 28.0 Å². The van der Waals surface area contributed by atoms with Crippen LogP contribution in [0.3, 0.4) is 0 Å². The second-order valence-electron chi connectivity index (χ2n) is 6.95. The van der Waals surface area contributed by atoms with Crippen LogP contribution in [-0.2, 0) is 16.6 Å². The average molecular weight is 488 g/mol. The Morgan fingerprint density at radius 2 is 1.82 bits per heavy atom. The maximum absolute atomic E-state index is 12.9. The van der Waals surface area contributed by atoms with Gasteiger partial charge in [-0.1, -0.05) is 12.1 Å². The summed E-state index contributed by atoms with van der Waals surface area (Å²) in [5, 5.41) is 4.84. The van der Waals surface area contributed by atoms with E-state index >= 15 is 0 Å². The van der Waals surface area contributed by atoms with E-state index in [4.69, 9.17) is 9.15 Å². The van der Waals surface area contributed by atoms with E-state index in [1.54, 1.807) is 35.7 Å². The predicted molar refractivity (Wildman–Crippen MR) is 123 cm³/mol. The smallest absolute Gasteiger partial charge is 0.293 e. The van der Waals surface area contributed by atoms with Gasteiger partial charge in [0.15, 0.2) is 10.9 Å². The molecule has 0 saturated heterocycles. The highest BCUT2D eigenvalue weighted by molar-refractivity contribution is 7.92. The van der Waals surface area contributed by atoms with Gasteiger partial charge in [0.1, 0.15) is 23.9 Å². The summed E-state index contributed by atoms with van der Waals surface area (Å²) in [6.45, 7) is 0.0878. The number of nitrogens with zero attached hydrogens (tertiary/aromatic N) is 1. The van der Waals surface area contributed by atoms with Crippen molar-refractivity contribution in [2.24, 2.45) is 0 Å². The van der Waals surface area contributed by atoms with Crippen molar-refractivity contribution in [1.29, 1.82) is 0 Å². The predicted octanol–water partition coefficient (Wildman–Crippen LogP) is 4.75. The van der Waals surface area contributed by atoms with Crippen LogP contribution in [0.2, 0.25) is 0 Å². The van der Waals surface area contributed by atoms with Gasteiger partial charge in [-0.2, -0.15) is 0 Å². The molecule has 8 nitrogen and oxygen atoms in total. The first-order chi connectivity index (χ1) is 15.7. The molecule has 4 rings (SSSR count). The molecule has 0 bridgehead atoms. The Kier molecular flexibility index (Phi) is 6.43. The van der Waals surface area contributed by atoms with Crippen LogP contribution < -0.4 is 14.8 Å². The minimum Gasteiger partial charge on any atom is -0.486 e. The number of aromatic nitrogens is 1. The summed E-state index contributed by atoms with van der Waals surface area (Å²) in [6.07, 6.45) is 1.08. The summed E-state index contributed by atoms with van der Waals surface area (Å²) in [5.41, 5.74) is 1.85. The molecule has 0 aliphatic rings. The van der Waals surface area contributed by atoms with Gasteiger partial charge < -0.3 is 9.15 Å². The van der Waals surface area contributed by atoms with Crippen molar-refractivity contribution < 1.29 is 26.8 Å². The van der Waals surface area contributed by atoms with Gasteiger partial charge in [-0.05, 0) is 48.5 Å². The second kappa shape index (κ2) is 9.43. The molecule has 0 atom stereocenters. The number of carbonyl (C=O) groups excluding carboxylic acids is 1. The van der Waals surface area contributed by atoms with E-state index in [9.17, 15) is 17.6 Å². The first kappa shape index (κ1) is 22.5. The molecule has 11 heteroatoms. The third kappa shape index (κ3) is 6.18. The van der Waals surface area contributed by atoms with Crippen LogP contribution in [0.1, 0.15) is 16.3 Å². The normalized spacial score (nSPS) is 11.2. The topological polar surface area (TPSA) is 111 Å². The number of amides is 1. The number of anilines is 2. The lowest BCUT2D eigenvalue weighted by molar-refractivity contribution is 0.0992. The van der Waals surface area contributed by atoms with Gasteiger partial charge in [-0.3, -0.25) is 14.8 Å². The molecule has 0 fully saturated rings. The van der Waals surface area contributed by atoms with E-state index in [0.717, 1.165) is 11.8 Å². The standard InChI is InChI=1S/C22H18FN3O5S2/c1-33(28,29)26-16-6-2-14(3-7-16)19-13-32-22(24-19)25-21(27)20-11-10-18(31-20)12-30-17-8-4-15(23)5-9-17/h2-11,13,26H,12H2,1H3,(H,24,25,27). The summed E-state index contributed by atoms with van der Waals surface area (Å²) in [5.74, 6) is 0.198. The minimum absolute atomic E-state index is 0.0878. The molecule has 0 aliphatic heterocycles. The van der Waals surface area contributed by atoms with E-state index in [1.807, 2.05) is 0 Å². The average Bonchev–Trinajstić information content (AvgIpc) is 3.43. The molecule has 2 aromatic heterocycles. The van der Waals surface area contributed by atoms with Gasteiger partial charge in [0.2, 0.25) is 10.0 Å². The molecule has 0 unspecified atom stereocenters. The summed E-state index contributed by atoms with van der Waals surface area (Å²) >= 11 is 1.25. The molecule has 0 aliphatic carbocycles. The lowest BCUT2D eigenvalue weighted by Gasteiger charge is -2.04. The van der Waals surface area contributed by atoms with Crippen molar-refractivity contribution in [2.45, 2.75) is 6.61 Å². The second-order valence-corrected chi connectivity index (χ2v) is 9.56. The van der Waals surface area contributed by atoms with Crippen LogP contribution in [-0.4, -0.2) is 25.6 Å². The molecule has 2 N–H and O–H groups in total. The number of thiazole rings is 1. The number of nitrogens with one attached hydrogen (secondary N) is 2. The zero-order valence-electron chi connectivity index (χ0n) is 17.2. The molecule has 170 valence electrons. The number of sulfonamides is 1. The van der Waals surface area contributed by atoms with Crippen molar-refractivity contribution in [1.82, 2.24) is 4.98 Å². The third-order valence-electron chi connectivity index (χ3n) is 4.29. The van der Waals surface area contributed by atoms with Crippen LogP contribution in [0.15, 0.2) is 70.5 Å². The highest BCUT2D eigenvalue weighted by Crippen LogP contribution is 2.26. The maximum Gasteiger partial charge on any atom is 0.293 e. The van der Waals surface area contributed by atoms with Crippen LogP contribution in [0, 0.1) is 5.82 Å². The number of halogens is 1. The number of hydrogen-bond donors (Lipinski definition) is 2. The first-order valence-electron chi connectivity index (χ1n) is 9.57. The summed E-state index contributed by atoms with van der Waals surface area (Å²) < 4.78 is 49.0.